The summed E-state index contributed by atoms with van der Waals surface area (Å²) in [7, 11) is 6.99. The molecule has 0 saturated carbocycles. The minimum Gasteiger partial charge on any atom is -0.497 e. The fourth-order valence-corrected chi connectivity index (χ4v) is 6.04. The monoisotopic (exact) mass is 686 g/mol. The summed E-state index contributed by atoms with van der Waals surface area (Å²) in [4.78, 5) is 43.4. The Labute approximate surface area is 296 Å². The molecule has 3 amide bonds. The van der Waals surface area contributed by atoms with Gasteiger partial charge in [-0.15, -0.1) is 11.8 Å². The number of rotatable bonds is 13. The second kappa shape index (κ2) is 16.9. The molecule has 0 fully saturated rings. The Morgan fingerprint density at radius 2 is 1.44 bits per heavy atom. The first-order valence-electron chi connectivity index (χ1n) is 15.8. The van der Waals surface area contributed by atoms with Crippen molar-refractivity contribution in [2.45, 2.75) is 10.1 Å². The molecule has 5 aromatic carbocycles. The molecule has 0 aromatic heterocycles. The van der Waals surface area contributed by atoms with Crippen LogP contribution >= 0.6 is 11.8 Å². The van der Waals surface area contributed by atoms with E-state index >= 15 is 0 Å². The topological polar surface area (TPSA) is 109 Å². The summed E-state index contributed by atoms with van der Waals surface area (Å²) in [6.07, 6.45) is 1.64. The first-order valence-corrected chi connectivity index (χ1v) is 16.6. The summed E-state index contributed by atoms with van der Waals surface area (Å²) >= 11 is 1.34. The van der Waals surface area contributed by atoms with Crippen LogP contribution in [0.5, 0.6) is 11.5 Å². The molecule has 0 spiro atoms. The average molecular weight is 687 g/mol. The highest BCUT2D eigenvalue weighted by Gasteiger charge is 2.24. The number of nitrogens with one attached hydrogen (secondary N) is 3. The molecular weight excluding hydrogens is 649 g/mol. The Bertz CT molecular complexity index is 1970. The van der Waals surface area contributed by atoms with Crippen molar-refractivity contribution in [3.8, 4) is 11.5 Å². The van der Waals surface area contributed by atoms with Crippen LogP contribution in [0.2, 0.25) is 0 Å². The molecule has 1 atom stereocenters. The van der Waals surface area contributed by atoms with Crippen LogP contribution in [0, 0.1) is 0 Å². The number of carbonyl (C=O) groups is 3. The molecule has 9 nitrogen and oxygen atoms in total. The van der Waals surface area contributed by atoms with E-state index in [1.807, 2.05) is 85.7 Å². The van der Waals surface area contributed by atoms with Gasteiger partial charge in [0.1, 0.15) is 22.4 Å². The van der Waals surface area contributed by atoms with Gasteiger partial charge in [-0.3, -0.25) is 14.4 Å². The number of ether oxygens (including phenoxy) is 2. The minimum absolute atomic E-state index is 0.0736. The van der Waals surface area contributed by atoms with E-state index in [1.54, 1.807) is 73.8 Å². The van der Waals surface area contributed by atoms with Gasteiger partial charge in [0.25, 0.3) is 11.8 Å². The number of hydrogen-bond acceptors (Lipinski definition) is 7. The Hall–Kier alpha value is -6.00. The highest BCUT2D eigenvalue weighted by atomic mass is 32.2. The van der Waals surface area contributed by atoms with Crippen molar-refractivity contribution >= 4 is 52.6 Å². The zero-order valence-electron chi connectivity index (χ0n) is 28.2. The van der Waals surface area contributed by atoms with Crippen molar-refractivity contribution in [2.24, 2.45) is 0 Å². The predicted octanol–water partition coefficient (Wildman–Crippen LogP) is 7.65. The molecule has 0 bridgehead atoms. The van der Waals surface area contributed by atoms with Crippen molar-refractivity contribution in [3.05, 3.63) is 150 Å². The largest absolute Gasteiger partial charge is 0.497 e. The molecule has 3 N–H and O–H groups in total. The van der Waals surface area contributed by atoms with Crippen molar-refractivity contribution < 1.29 is 23.9 Å². The molecule has 5 rings (SSSR count). The summed E-state index contributed by atoms with van der Waals surface area (Å²) in [5.41, 5.74) is 4.03. The fourth-order valence-electron chi connectivity index (χ4n) is 4.96. The first kappa shape index (κ1) is 35.3. The number of benzene rings is 5. The summed E-state index contributed by atoms with van der Waals surface area (Å²) in [6, 6.07) is 38.2. The lowest BCUT2D eigenvalue weighted by Gasteiger charge is -2.19. The third-order valence-corrected chi connectivity index (χ3v) is 8.85. The standard InChI is InChI=1S/C40H38N4O5S/c1-44(2)31-20-18-27(19-21-31)24-35(43-38(45)29-14-9-6-10-15-29)39(46)41-30-16-11-17-33(25-30)50-37(28-12-7-5-8-13-28)40(47)42-34-23-22-32(48-3)26-36(34)49-4/h5-26,37H,1-4H3,(H,41,46)(H,42,47)(H,43,45)/b35-24+. The molecule has 0 aliphatic heterocycles. The third-order valence-electron chi connectivity index (χ3n) is 7.60. The number of anilines is 3. The van der Waals surface area contributed by atoms with Gasteiger partial charge in [-0.2, -0.15) is 0 Å². The van der Waals surface area contributed by atoms with E-state index in [4.69, 9.17) is 9.47 Å². The lowest BCUT2D eigenvalue weighted by atomic mass is 10.1. The van der Waals surface area contributed by atoms with Crippen LogP contribution in [0.3, 0.4) is 0 Å². The fraction of sp³-hybridized carbons (Fsp3) is 0.125. The second-order valence-electron chi connectivity index (χ2n) is 11.3. The van der Waals surface area contributed by atoms with Crippen molar-refractivity contribution in [3.63, 3.8) is 0 Å². The molecular formula is C40H38N4O5S. The van der Waals surface area contributed by atoms with Gasteiger partial charge in [0.15, 0.2) is 0 Å². The molecule has 0 aliphatic carbocycles. The van der Waals surface area contributed by atoms with Gasteiger partial charge >= 0.3 is 0 Å². The number of amides is 3. The molecule has 254 valence electrons. The third kappa shape index (κ3) is 9.33. The Kier molecular flexibility index (Phi) is 11.9. The predicted molar refractivity (Wildman–Crippen MR) is 201 cm³/mol. The van der Waals surface area contributed by atoms with Gasteiger partial charge in [-0.05, 0) is 71.8 Å². The molecule has 0 heterocycles. The van der Waals surface area contributed by atoms with Gasteiger partial charge in [0, 0.05) is 42.0 Å². The van der Waals surface area contributed by atoms with Gasteiger partial charge in [-0.1, -0.05) is 66.7 Å². The van der Waals surface area contributed by atoms with E-state index < -0.39 is 17.1 Å². The molecule has 1 unspecified atom stereocenters. The number of thioether (sulfide) groups is 1. The van der Waals surface area contributed by atoms with E-state index in [1.165, 1.54) is 18.9 Å². The molecule has 0 radical (unpaired) electrons. The maximum absolute atomic E-state index is 13.8. The van der Waals surface area contributed by atoms with Crippen LogP contribution < -0.4 is 30.3 Å². The van der Waals surface area contributed by atoms with Crippen molar-refractivity contribution in [1.29, 1.82) is 0 Å². The normalized spacial score (nSPS) is 11.6. The number of nitrogens with zero attached hydrogens (tertiary/aromatic N) is 1. The summed E-state index contributed by atoms with van der Waals surface area (Å²) in [5, 5.41) is 8.07. The van der Waals surface area contributed by atoms with E-state index in [9.17, 15) is 14.4 Å². The van der Waals surface area contributed by atoms with Crippen LogP contribution in [0.15, 0.2) is 138 Å². The number of hydrogen-bond donors (Lipinski definition) is 3. The number of methoxy groups -OCH3 is 2. The van der Waals surface area contributed by atoms with Crippen LogP contribution in [0.1, 0.15) is 26.7 Å². The second-order valence-corrected chi connectivity index (χ2v) is 12.5. The van der Waals surface area contributed by atoms with Gasteiger partial charge in [0.05, 0.1) is 19.9 Å². The minimum atomic E-state index is -0.639. The van der Waals surface area contributed by atoms with Crippen molar-refractivity contribution in [2.75, 3.05) is 43.8 Å². The van der Waals surface area contributed by atoms with Crippen molar-refractivity contribution in [1.82, 2.24) is 5.32 Å². The van der Waals surface area contributed by atoms with Crippen LogP contribution in [0.25, 0.3) is 6.08 Å². The molecule has 5 aromatic rings. The van der Waals surface area contributed by atoms with Crippen LogP contribution in [-0.2, 0) is 9.59 Å². The first-order chi connectivity index (χ1) is 24.2. The average Bonchev–Trinajstić information content (AvgIpc) is 3.14. The zero-order chi connectivity index (χ0) is 35.5. The van der Waals surface area contributed by atoms with Gasteiger partial charge in [0.2, 0.25) is 5.91 Å². The molecule has 0 aliphatic rings. The van der Waals surface area contributed by atoms with E-state index in [-0.39, 0.29) is 11.6 Å². The molecule has 50 heavy (non-hydrogen) atoms. The Morgan fingerprint density at radius 1 is 0.740 bits per heavy atom. The summed E-state index contributed by atoms with van der Waals surface area (Å²) < 4.78 is 10.8. The quantitative estimate of drug-likeness (QED) is 0.0863. The summed E-state index contributed by atoms with van der Waals surface area (Å²) in [5.74, 6) is -0.0969. The van der Waals surface area contributed by atoms with Gasteiger partial charge in [-0.25, -0.2) is 0 Å². The molecule has 10 heteroatoms. The SMILES string of the molecule is COc1ccc(NC(=O)C(Sc2cccc(NC(=O)/C(=C\c3ccc(N(C)C)cc3)NC(=O)c3ccccc3)c2)c2ccccc2)c(OC)c1. The van der Waals surface area contributed by atoms with Gasteiger partial charge < -0.3 is 30.3 Å². The Morgan fingerprint density at radius 3 is 2.10 bits per heavy atom. The Balaban J connectivity index is 1.38. The van der Waals surface area contributed by atoms with E-state index in [2.05, 4.69) is 16.0 Å². The number of carbonyl (C=O) groups excluding carboxylic acids is 3. The lowest BCUT2D eigenvalue weighted by Crippen LogP contribution is -2.30. The molecule has 0 saturated heterocycles. The zero-order valence-corrected chi connectivity index (χ0v) is 29.0. The van der Waals surface area contributed by atoms with E-state index in [0.29, 0.717) is 28.4 Å². The lowest BCUT2D eigenvalue weighted by molar-refractivity contribution is -0.116. The smallest absolute Gasteiger partial charge is 0.272 e. The van der Waals surface area contributed by atoms with Crippen LogP contribution in [-0.4, -0.2) is 46.0 Å². The summed E-state index contributed by atoms with van der Waals surface area (Å²) in [6.45, 7) is 0. The van der Waals surface area contributed by atoms with Crippen LogP contribution in [0.4, 0.5) is 17.1 Å². The van der Waals surface area contributed by atoms with E-state index in [0.717, 1.165) is 21.7 Å². The maximum atomic E-state index is 13.8. The highest BCUT2D eigenvalue weighted by molar-refractivity contribution is 8.00. The maximum Gasteiger partial charge on any atom is 0.272 e. The highest BCUT2D eigenvalue weighted by Crippen LogP contribution is 2.38.